The van der Waals surface area contributed by atoms with Crippen molar-refractivity contribution in [2.75, 3.05) is 5.73 Å². The third-order valence-electron chi connectivity index (χ3n) is 1.36. The van der Waals surface area contributed by atoms with Gasteiger partial charge >= 0.3 is 0 Å². The smallest absolute Gasteiger partial charge is 0.236 e. The molecule has 0 saturated heterocycles. The Balaban J connectivity index is 2.53. The number of hydrogen-bond acceptors (Lipinski definition) is 3. The van der Waals surface area contributed by atoms with Gasteiger partial charge in [0.15, 0.2) is 0 Å². The highest BCUT2D eigenvalue weighted by Gasteiger charge is 1.94. The molecule has 0 aliphatic carbocycles. The minimum absolute atomic E-state index is 0.190. The molecule has 0 spiro atoms. The van der Waals surface area contributed by atoms with Crippen LogP contribution in [0.3, 0.4) is 0 Å². The Morgan fingerprint density at radius 3 is 2.50 bits per heavy atom. The standard InChI is InChI=1S/C8H8BNO2/c9-8(11)12-5-6-1-3-7(10)4-2-6/h1-4H,5,10H2. The maximum absolute atomic E-state index is 10.2. The fourth-order valence-electron chi connectivity index (χ4n) is 0.768. The number of rotatable bonds is 2. The van der Waals surface area contributed by atoms with E-state index in [1.54, 1.807) is 24.3 Å². The van der Waals surface area contributed by atoms with Crippen LogP contribution < -0.4 is 5.73 Å². The van der Waals surface area contributed by atoms with E-state index in [1.807, 2.05) is 0 Å². The average molecular weight is 161 g/mol. The van der Waals surface area contributed by atoms with E-state index in [9.17, 15) is 4.79 Å². The summed E-state index contributed by atoms with van der Waals surface area (Å²) in [6.07, 6.45) is 0. The van der Waals surface area contributed by atoms with Crippen LogP contribution in [0.1, 0.15) is 5.56 Å². The first-order valence-corrected chi connectivity index (χ1v) is 3.45. The summed E-state index contributed by atoms with van der Waals surface area (Å²) in [6, 6.07) is 7.02. The Bertz CT molecular complexity index is 271. The summed E-state index contributed by atoms with van der Waals surface area (Å²) in [5, 5.41) is 0. The molecule has 12 heavy (non-hydrogen) atoms. The van der Waals surface area contributed by atoms with Gasteiger partial charge in [-0.25, -0.2) is 0 Å². The molecule has 3 nitrogen and oxygen atoms in total. The zero-order valence-electron chi connectivity index (χ0n) is 6.49. The summed E-state index contributed by atoms with van der Waals surface area (Å²) in [5.74, 6) is -0.771. The van der Waals surface area contributed by atoms with Crippen molar-refractivity contribution in [2.24, 2.45) is 0 Å². The van der Waals surface area contributed by atoms with E-state index in [-0.39, 0.29) is 6.61 Å². The average Bonchev–Trinajstić information content (AvgIpc) is 2.03. The zero-order valence-corrected chi connectivity index (χ0v) is 6.49. The lowest BCUT2D eigenvalue weighted by atomic mass is 10.2. The van der Waals surface area contributed by atoms with Gasteiger partial charge in [0.2, 0.25) is 13.7 Å². The largest absolute Gasteiger partial charge is 0.470 e. The molecule has 0 fully saturated rings. The van der Waals surface area contributed by atoms with Gasteiger partial charge in [0.25, 0.3) is 0 Å². The van der Waals surface area contributed by atoms with Crippen LogP contribution in [0.5, 0.6) is 0 Å². The van der Waals surface area contributed by atoms with Gasteiger partial charge in [0.05, 0.1) is 0 Å². The van der Waals surface area contributed by atoms with Crippen LogP contribution in [0, 0.1) is 0 Å². The van der Waals surface area contributed by atoms with Crippen molar-refractivity contribution in [1.29, 1.82) is 0 Å². The highest BCUT2D eigenvalue weighted by molar-refractivity contribution is 6.55. The number of hydrogen-bond donors (Lipinski definition) is 1. The molecule has 4 heteroatoms. The Morgan fingerprint density at radius 2 is 2.00 bits per heavy atom. The third-order valence-corrected chi connectivity index (χ3v) is 1.36. The van der Waals surface area contributed by atoms with Gasteiger partial charge < -0.3 is 10.5 Å². The quantitative estimate of drug-likeness (QED) is 0.521. The van der Waals surface area contributed by atoms with Crippen LogP contribution >= 0.6 is 0 Å². The summed E-state index contributed by atoms with van der Waals surface area (Å²) in [6.45, 7) is 0.190. The van der Waals surface area contributed by atoms with E-state index in [1.165, 1.54) is 0 Å². The molecule has 2 N–H and O–H groups in total. The molecular formula is C8H8BNO2. The minimum atomic E-state index is -0.771. The molecule has 0 saturated carbocycles. The Hall–Kier alpha value is -1.45. The molecule has 0 amide bonds. The molecule has 60 valence electrons. The summed E-state index contributed by atoms with van der Waals surface area (Å²) < 4.78 is 4.57. The second-order valence-electron chi connectivity index (χ2n) is 2.35. The molecular weight excluding hydrogens is 153 g/mol. The molecule has 0 aliphatic rings. The van der Waals surface area contributed by atoms with Gasteiger partial charge in [0, 0.05) is 5.69 Å². The van der Waals surface area contributed by atoms with Gasteiger partial charge in [-0.05, 0) is 17.7 Å². The van der Waals surface area contributed by atoms with Crippen molar-refractivity contribution in [3.63, 3.8) is 0 Å². The van der Waals surface area contributed by atoms with Gasteiger partial charge in [-0.2, -0.15) is 0 Å². The van der Waals surface area contributed by atoms with Crippen molar-refractivity contribution in [1.82, 2.24) is 0 Å². The predicted molar refractivity (Wildman–Crippen MR) is 46.8 cm³/mol. The lowest BCUT2D eigenvalue weighted by Crippen LogP contribution is -2.00. The molecule has 0 unspecified atom stereocenters. The molecule has 0 atom stereocenters. The lowest BCUT2D eigenvalue weighted by Gasteiger charge is -2.01. The number of anilines is 1. The molecule has 0 aliphatic heterocycles. The predicted octanol–water partition coefficient (Wildman–Crippen LogP) is 1.07. The van der Waals surface area contributed by atoms with E-state index >= 15 is 0 Å². The fraction of sp³-hybridized carbons (Fsp3) is 0.125. The first-order valence-electron chi connectivity index (χ1n) is 3.45. The molecule has 2 radical (unpaired) electrons. The minimum Gasteiger partial charge on any atom is -0.470 e. The van der Waals surface area contributed by atoms with Crippen LogP contribution in [-0.2, 0) is 11.3 Å². The van der Waals surface area contributed by atoms with Crippen LogP contribution in [0.15, 0.2) is 24.3 Å². The van der Waals surface area contributed by atoms with Crippen LogP contribution in [0.25, 0.3) is 0 Å². The van der Waals surface area contributed by atoms with Crippen LogP contribution in [0.4, 0.5) is 10.5 Å². The summed E-state index contributed by atoms with van der Waals surface area (Å²) in [5.41, 5.74) is 6.99. The van der Waals surface area contributed by atoms with Crippen molar-refractivity contribution in [2.45, 2.75) is 6.61 Å². The Morgan fingerprint density at radius 1 is 1.42 bits per heavy atom. The van der Waals surface area contributed by atoms with Gasteiger partial charge in [-0.15, -0.1) is 0 Å². The number of ether oxygens (including phenoxy) is 1. The molecule has 0 bridgehead atoms. The van der Waals surface area contributed by atoms with Crippen molar-refractivity contribution >= 4 is 19.4 Å². The SMILES string of the molecule is [B]C(=O)OCc1ccc(N)cc1. The van der Waals surface area contributed by atoms with Crippen LogP contribution in [0.2, 0.25) is 0 Å². The van der Waals surface area contributed by atoms with Gasteiger partial charge in [-0.1, -0.05) is 12.1 Å². The summed E-state index contributed by atoms with van der Waals surface area (Å²) >= 11 is 0. The first kappa shape index (κ1) is 8.65. The van der Waals surface area contributed by atoms with Crippen molar-refractivity contribution in [3.8, 4) is 0 Å². The third kappa shape index (κ3) is 2.66. The number of nitrogens with two attached hydrogens (primary N) is 1. The number of carbonyl (C=O) groups is 1. The van der Waals surface area contributed by atoms with Crippen LogP contribution in [-0.4, -0.2) is 13.7 Å². The molecule has 1 aromatic rings. The Kier molecular flexibility index (Phi) is 2.74. The summed E-state index contributed by atoms with van der Waals surface area (Å²) in [4.78, 5) is 10.2. The van der Waals surface area contributed by atoms with E-state index in [0.29, 0.717) is 5.69 Å². The maximum atomic E-state index is 10.2. The number of benzene rings is 1. The van der Waals surface area contributed by atoms with E-state index in [2.05, 4.69) is 4.74 Å². The van der Waals surface area contributed by atoms with Gasteiger partial charge in [0.1, 0.15) is 6.61 Å². The highest BCUT2D eigenvalue weighted by atomic mass is 16.5. The lowest BCUT2D eigenvalue weighted by molar-refractivity contribution is 0.167. The van der Waals surface area contributed by atoms with Gasteiger partial charge in [-0.3, -0.25) is 4.79 Å². The zero-order chi connectivity index (χ0) is 8.97. The summed E-state index contributed by atoms with van der Waals surface area (Å²) in [7, 11) is 4.78. The van der Waals surface area contributed by atoms with E-state index in [0.717, 1.165) is 5.56 Å². The fourth-order valence-corrected chi connectivity index (χ4v) is 0.768. The second kappa shape index (κ2) is 3.81. The monoisotopic (exact) mass is 161 g/mol. The number of carbonyl (C=O) groups excluding carboxylic acids is 1. The molecule has 1 aromatic carbocycles. The second-order valence-corrected chi connectivity index (χ2v) is 2.35. The number of nitrogen functional groups attached to an aromatic ring is 1. The Labute approximate surface area is 71.9 Å². The topological polar surface area (TPSA) is 52.3 Å². The highest BCUT2D eigenvalue weighted by Crippen LogP contribution is 2.06. The van der Waals surface area contributed by atoms with Crippen molar-refractivity contribution < 1.29 is 9.53 Å². The van der Waals surface area contributed by atoms with E-state index < -0.39 is 5.87 Å². The first-order chi connectivity index (χ1) is 5.68. The maximum Gasteiger partial charge on any atom is 0.236 e. The molecule has 0 aromatic heterocycles. The molecule has 0 heterocycles. The molecule has 1 rings (SSSR count). The normalized spacial score (nSPS) is 9.33. The van der Waals surface area contributed by atoms with E-state index in [4.69, 9.17) is 13.6 Å². The van der Waals surface area contributed by atoms with Crippen molar-refractivity contribution in [3.05, 3.63) is 29.8 Å².